The van der Waals surface area contributed by atoms with Crippen molar-refractivity contribution in [3.63, 3.8) is 0 Å². The zero-order valence-corrected chi connectivity index (χ0v) is 15.5. The van der Waals surface area contributed by atoms with Crippen LogP contribution in [0.15, 0.2) is 30.3 Å². The lowest BCUT2D eigenvalue weighted by molar-refractivity contribution is -0.122. The van der Waals surface area contributed by atoms with Crippen LogP contribution in [-0.2, 0) is 9.59 Å². The van der Waals surface area contributed by atoms with Crippen LogP contribution in [0.3, 0.4) is 0 Å². The van der Waals surface area contributed by atoms with E-state index >= 15 is 0 Å². The lowest BCUT2D eigenvalue weighted by atomic mass is 10.2. The van der Waals surface area contributed by atoms with Gasteiger partial charge in [0.2, 0.25) is 11.8 Å². The van der Waals surface area contributed by atoms with E-state index in [1.54, 1.807) is 4.90 Å². The van der Waals surface area contributed by atoms with Crippen LogP contribution in [0.5, 0.6) is 0 Å². The first-order chi connectivity index (χ1) is 12.5. The van der Waals surface area contributed by atoms with Gasteiger partial charge in [0.15, 0.2) is 0 Å². The standard InChI is InChI=1S/C19H28N4O3/c1-3-14(2)21-17(24)11-12-20-19(26)23-13-7-10-16(23)18(25)22-15-8-5-4-6-9-15/h4-6,8-9,14,16H,3,7,10-13H2,1-2H3,(H,20,26)(H,21,24)(H,22,25)/t14-,16+/m0/s1. The minimum atomic E-state index is -0.482. The minimum Gasteiger partial charge on any atom is -0.354 e. The SMILES string of the molecule is CC[C@H](C)NC(=O)CCNC(=O)N1CCC[C@@H]1C(=O)Nc1ccccc1. The average Bonchev–Trinajstić information content (AvgIpc) is 3.12. The number of anilines is 1. The van der Waals surface area contributed by atoms with Crippen LogP contribution in [0, 0.1) is 0 Å². The maximum atomic E-state index is 12.5. The van der Waals surface area contributed by atoms with Crippen molar-refractivity contribution in [1.82, 2.24) is 15.5 Å². The third-order valence-corrected chi connectivity index (χ3v) is 4.51. The van der Waals surface area contributed by atoms with Gasteiger partial charge in [-0.25, -0.2) is 4.79 Å². The van der Waals surface area contributed by atoms with E-state index in [4.69, 9.17) is 0 Å². The summed E-state index contributed by atoms with van der Waals surface area (Å²) in [5.74, 6) is -0.266. The fourth-order valence-corrected chi connectivity index (χ4v) is 2.86. The molecule has 0 aromatic heterocycles. The van der Waals surface area contributed by atoms with Gasteiger partial charge in [-0.1, -0.05) is 25.1 Å². The third kappa shape index (κ3) is 5.75. The summed E-state index contributed by atoms with van der Waals surface area (Å²) in [7, 11) is 0. The highest BCUT2D eigenvalue weighted by Crippen LogP contribution is 2.19. The lowest BCUT2D eigenvalue weighted by Gasteiger charge is -2.24. The smallest absolute Gasteiger partial charge is 0.318 e. The fraction of sp³-hybridized carbons (Fsp3) is 0.526. The number of likely N-dealkylation sites (tertiary alicyclic amines) is 1. The number of urea groups is 1. The largest absolute Gasteiger partial charge is 0.354 e. The molecule has 1 aliphatic heterocycles. The lowest BCUT2D eigenvalue weighted by Crippen LogP contribution is -2.48. The summed E-state index contributed by atoms with van der Waals surface area (Å²) in [6.07, 6.45) is 2.52. The molecule has 7 nitrogen and oxygen atoms in total. The summed E-state index contributed by atoms with van der Waals surface area (Å²) in [5.41, 5.74) is 0.714. The first kappa shape index (κ1) is 19.8. The molecule has 4 amide bonds. The van der Waals surface area contributed by atoms with E-state index in [1.807, 2.05) is 44.2 Å². The van der Waals surface area contributed by atoms with Crippen LogP contribution in [-0.4, -0.2) is 47.9 Å². The molecule has 1 saturated heterocycles. The van der Waals surface area contributed by atoms with Crippen molar-refractivity contribution >= 4 is 23.5 Å². The predicted molar refractivity (Wildman–Crippen MR) is 101 cm³/mol. The van der Waals surface area contributed by atoms with Crippen LogP contribution in [0.4, 0.5) is 10.5 Å². The van der Waals surface area contributed by atoms with Gasteiger partial charge in [-0.3, -0.25) is 9.59 Å². The van der Waals surface area contributed by atoms with Gasteiger partial charge in [0, 0.05) is 31.2 Å². The Morgan fingerprint density at radius 2 is 1.96 bits per heavy atom. The predicted octanol–water partition coefficient (Wildman–Crippen LogP) is 2.10. The highest BCUT2D eigenvalue weighted by atomic mass is 16.2. The van der Waals surface area contributed by atoms with E-state index in [-0.39, 0.29) is 36.9 Å². The number of benzene rings is 1. The monoisotopic (exact) mass is 360 g/mol. The topological polar surface area (TPSA) is 90.5 Å². The number of nitrogens with zero attached hydrogens (tertiary/aromatic N) is 1. The summed E-state index contributed by atoms with van der Waals surface area (Å²) in [4.78, 5) is 38.1. The van der Waals surface area contributed by atoms with E-state index < -0.39 is 6.04 Å². The summed E-state index contributed by atoms with van der Waals surface area (Å²) >= 11 is 0. The number of carbonyl (C=O) groups excluding carboxylic acids is 3. The third-order valence-electron chi connectivity index (χ3n) is 4.51. The molecule has 1 aromatic carbocycles. The van der Waals surface area contributed by atoms with Crippen LogP contribution >= 0.6 is 0 Å². The molecule has 1 fully saturated rings. The van der Waals surface area contributed by atoms with Gasteiger partial charge in [0.1, 0.15) is 6.04 Å². The van der Waals surface area contributed by atoms with Crippen molar-refractivity contribution in [2.75, 3.05) is 18.4 Å². The van der Waals surface area contributed by atoms with E-state index in [9.17, 15) is 14.4 Å². The van der Waals surface area contributed by atoms with Crippen LogP contribution in [0.2, 0.25) is 0 Å². The van der Waals surface area contributed by atoms with Gasteiger partial charge >= 0.3 is 6.03 Å². The van der Waals surface area contributed by atoms with Crippen LogP contribution < -0.4 is 16.0 Å². The quantitative estimate of drug-likeness (QED) is 0.695. The Balaban J connectivity index is 1.80. The summed E-state index contributed by atoms with van der Waals surface area (Å²) in [5, 5.41) is 8.45. The minimum absolute atomic E-state index is 0.0838. The first-order valence-electron chi connectivity index (χ1n) is 9.21. The maximum Gasteiger partial charge on any atom is 0.318 e. The molecule has 1 aliphatic rings. The molecule has 26 heavy (non-hydrogen) atoms. The summed E-state index contributed by atoms with van der Waals surface area (Å²) in [6, 6.07) is 8.54. The van der Waals surface area contributed by atoms with Gasteiger partial charge in [-0.15, -0.1) is 0 Å². The van der Waals surface area contributed by atoms with Crippen molar-refractivity contribution in [3.05, 3.63) is 30.3 Å². The molecule has 3 N–H and O–H groups in total. The molecule has 2 rings (SSSR count). The zero-order chi connectivity index (χ0) is 18.9. The van der Waals surface area contributed by atoms with Crippen molar-refractivity contribution in [1.29, 1.82) is 0 Å². The van der Waals surface area contributed by atoms with E-state index in [0.29, 0.717) is 18.7 Å². The highest BCUT2D eigenvalue weighted by Gasteiger charge is 2.34. The Labute approximate surface area is 154 Å². The first-order valence-corrected chi connectivity index (χ1v) is 9.21. The maximum absolute atomic E-state index is 12.5. The number of hydrogen-bond donors (Lipinski definition) is 3. The van der Waals surface area contributed by atoms with Crippen molar-refractivity contribution in [2.45, 2.75) is 51.6 Å². The second kappa shape index (κ2) is 9.79. The average molecular weight is 360 g/mol. The summed E-state index contributed by atoms with van der Waals surface area (Å²) in [6.45, 7) is 4.74. The van der Waals surface area contributed by atoms with Gasteiger partial charge in [-0.2, -0.15) is 0 Å². The Morgan fingerprint density at radius 1 is 1.23 bits per heavy atom. The van der Waals surface area contributed by atoms with Gasteiger partial charge in [0.25, 0.3) is 0 Å². The normalized spacial score (nSPS) is 17.5. The van der Waals surface area contributed by atoms with E-state index in [1.165, 1.54) is 0 Å². The fourth-order valence-electron chi connectivity index (χ4n) is 2.86. The zero-order valence-electron chi connectivity index (χ0n) is 15.5. The molecule has 1 aromatic rings. The molecule has 0 spiro atoms. The number of nitrogens with one attached hydrogen (secondary N) is 3. The number of amides is 4. The van der Waals surface area contributed by atoms with Crippen LogP contribution in [0.25, 0.3) is 0 Å². The molecule has 0 unspecified atom stereocenters. The molecule has 0 saturated carbocycles. The van der Waals surface area contributed by atoms with Crippen LogP contribution in [0.1, 0.15) is 39.5 Å². The molecule has 1 heterocycles. The Bertz CT molecular complexity index is 620. The van der Waals surface area contributed by atoms with Crippen molar-refractivity contribution in [2.24, 2.45) is 0 Å². The number of carbonyl (C=O) groups is 3. The second-order valence-corrected chi connectivity index (χ2v) is 6.57. The number of para-hydroxylation sites is 1. The molecule has 0 aliphatic carbocycles. The van der Waals surface area contributed by atoms with E-state index in [2.05, 4.69) is 16.0 Å². The number of rotatable bonds is 7. The van der Waals surface area contributed by atoms with Gasteiger partial charge in [-0.05, 0) is 38.3 Å². The molecular weight excluding hydrogens is 332 g/mol. The molecular formula is C19H28N4O3. The molecule has 7 heteroatoms. The Hall–Kier alpha value is -2.57. The molecule has 0 bridgehead atoms. The second-order valence-electron chi connectivity index (χ2n) is 6.57. The number of hydrogen-bond acceptors (Lipinski definition) is 3. The van der Waals surface area contributed by atoms with Crippen molar-refractivity contribution < 1.29 is 14.4 Å². The Morgan fingerprint density at radius 3 is 2.65 bits per heavy atom. The molecule has 2 atom stereocenters. The summed E-state index contributed by atoms with van der Waals surface area (Å²) < 4.78 is 0. The molecule has 0 radical (unpaired) electrons. The van der Waals surface area contributed by atoms with Crippen molar-refractivity contribution in [3.8, 4) is 0 Å². The Kier molecular flexibility index (Phi) is 7.44. The molecule has 142 valence electrons. The van der Waals surface area contributed by atoms with Gasteiger partial charge in [0.05, 0.1) is 0 Å². The van der Waals surface area contributed by atoms with E-state index in [0.717, 1.165) is 12.8 Å². The highest BCUT2D eigenvalue weighted by molar-refractivity contribution is 5.97. The van der Waals surface area contributed by atoms with Gasteiger partial charge < -0.3 is 20.9 Å².